The molecule has 2 rings (SSSR count). The third-order valence-corrected chi connectivity index (χ3v) is 2.71. The third kappa shape index (κ3) is 4.53. The first-order valence-corrected chi connectivity index (χ1v) is 6.92. The van der Waals surface area contributed by atoms with Crippen molar-refractivity contribution in [1.29, 1.82) is 0 Å². The van der Waals surface area contributed by atoms with Gasteiger partial charge in [0.15, 0.2) is 0 Å². The molecule has 0 bridgehead atoms. The van der Waals surface area contributed by atoms with Gasteiger partial charge in [-0.2, -0.15) is 0 Å². The fourth-order valence-corrected chi connectivity index (χ4v) is 1.69. The molecule has 0 unspecified atom stereocenters. The number of rotatable bonds is 6. The molecule has 0 aromatic heterocycles. The fourth-order valence-electron chi connectivity index (χ4n) is 1.69. The Morgan fingerprint density at radius 3 is 1.76 bits per heavy atom. The van der Waals surface area contributed by atoms with E-state index in [0.29, 0.717) is 24.5 Å². The summed E-state index contributed by atoms with van der Waals surface area (Å²) in [4.78, 5) is 11.2. The lowest BCUT2D eigenvalue weighted by Crippen LogP contribution is -2.05. The van der Waals surface area contributed by atoms with Gasteiger partial charge >= 0.3 is 5.97 Å². The van der Waals surface area contributed by atoms with Crippen LogP contribution >= 0.6 is 0 Å². The average Bonchev–Trinajstić information content (AvgIpc) is 2.51. The largest absolute Gasteiger partial charge is 0.494 e. The fraction of sp³-hybridized carbons (Fsp3) is 0.235. The quantitative estimate of drug-likeness (QED) is 0.590. The summed E-state index contributed by atoms with van der Waals surface area (Å²) >= 11 is 0. The van der Waals surface area contributed by atoms with Gasteiger partial charge in [-0.3, -0.25) is 4.79 Å². The first kappa shape index (κ1) is 14.9. The van der Waals surface area contributed by atoms with Crippen molar-refractivity contribution in [3.63, 3.8) is 0 Å². The van der Waals surface area contributed by atoms with Crippen molar-refractivity contribution in [3.05, 3.63) is 48.5 Å². The summed E-state index contributed by atoms with van der Waals surface area (Å²) in [5.74, 6) is 2.47. The summed E-state index contributed by atoms with van der Waals surface area (Å²) in [6.07, 6.45) is 0.352. The molecule has 21 heavy (non-hydrogen) atoms. The van der Waals surface area contributed by atoms with Crippen LogP contribution in [0.4, 0.5) is 0 Å². The standard InChI is InChI=1S/C17H18O4/c1-3-17(18)21-16-11-9-15(10-12-16)20-14-7-5-13(6-8-14)19-4-2/h5-12H,3-4H2,1-2H3. The Kier molecular flexibility index (Phi) is 5.21. The maximum absolute atomic E-state index is 11.2. The number of benzene rings is 2. The molecule has 110 valence electrons. The maximum atomic E-state index is 11.2. The second kappa shape index (κ2) is 7.33. The minimum Gasteiger partial charge on any atom is -0.494 e. The minimum atomic E-state index is -0.254. The van der Waals surface area contributed by atoms with Crippen LogP contribution in [0.2, 0.25) is 0 Å². The van der Waals surface area contributed by atoms with Crippen LogP contribution in [-0.4, -0.2) is 12.6 Å². The number of hydrogen-bond acceptors (Lipinski definition) is 4. The second-order valence-electron chi connectivity index (χ2n) is 4.31. The highest BCUT2D eigenvalue weighted by molar-refractivity contribution is 5.71. The van der Waals surface area contributed by atoms with Crippen LogP contribution in [0.15, 0.2) is 48.5 Å². The molecular weight excluding hydrogens is 268 g/mol. The van der Waals surface area contributed by atoms with E-state index in [1.807, 2.05) is 31.2 Å². The van der Waals surface area contributed by atoms with E-state index < -0.39 is 0 Å². The number of carbonyl (C=O) groups excluding carboxylic acids is 1. The highest BCUT2D eigenvalue weighted by atomic mass is 16.5. The topological polar surface area (TPSA) is 44.8 Å². The summed E-state index contributed by atoms with van der Waals surface area (Å²) in [6.45, 7) is 4.33. The highest BCUT2D eigenvalue weighted by Crippen LogP contribution is 2.25. The van der Waals surface area contributed by atoms with E-state index in [0.717, 1.165) is 11.5 Å². The molecule has 0 aliphatic carbocycles. The van der Waals surface area contributed by atoms with Gasteiger partial charge in [-0.25, -0.2) is 0 Å². The molecule has 0 heterocycles. The van der Waals surface area contributed by atoms with E-state index in [4.69, 9.17) is 14.2 Å². The molecule has 4 heteroatoms. The molecule has 0 N–H and O–H groups in total. The van der Waals surface area contributed by atoms with E-state index in [1.54, 1.807) is 31.2 Å². The van der Waals surface area contributed by atoms with Crippen molar-refractivity contribution < 1.29 is 19.0 Å². The van der Waals surface area contributed by atoms with Gasteiger partial charge in [0.05, 0.1) is 6.61 Å². The molecule has 0 radical (unpaired) electrons. The van der Waals surface area contributed by atoms with E-state index in [2.05, 4.69) is 0 Å². The highest BCUT2D eigenvalue weighted by Gasteiger charge is 2.03. The van der Waals surface area contributed by atoms with E-state index in [-0.39, 0.29) is 5.97 Å². The zero-order valence-electron chi connectivity index (χ0n) is 12.2. The summed E-state index contributed by atoms with van der Waals surface area (Å²) in [5, 5.41) is 0. The third-order valence-electron chi connectivity index (χ3n) is 2.71. The van der Waals surface area contributed by atoms with Crippen molar-refractivity contribution >= 4 is 5.97 Å². The Bertz CT molecular complexity index is 573. The van der Waals surface area contributed by atoms with Gasteiger partial charge in [-0.15, -0.1) is 0 Å². The second-order valence-corrected chi connectivity index (χ2v) is 4.31. The van der Waals surface area contributed by atoms with Crippen LogP contribution in [0, 0.1) is 0 Å². The first-order chi connectivity index (χ1) is 10.2. The monoisotopic (exact) mass is 286 g/mol. The number of hydrogen-bond donors (Lipinski definition) is 0. The molecule has 2 aromatic rings. The molecule has 4 nitrogen and oxygen atoms in total. The van der Waals surface area contributed by atoms with Crippen LogP contribution in [0.25, 0.3) is 0 Å². The molecule has 0 atom stereocenters. The SMILES string of the molecule is CCOc1ccc(Oc2ccc(OC(=O)CC)cc2)cc1. The van der Waals surface area contributed by atoms with Gasteiger partial charge in [0.1, 0.15) is 23.0 Å². The van der Waals surface area contributed by atoms with Crippen LogP contribution in [0.5, 0.6) is 23.0 Å². The first-order valence-electron chi connectivity index (χ1n) is 6.92. The molecular formula is C17H18O4. The molecule has 0 saturated carbocycles. The Labute approximate surface area is 124 Å². The zero-order chi connectivity index (χ0) is 15.1. The maximum Gasteiger partial charge on any atom is 0.310 e. The number of carbonyl (C=O) groups is 1. The van der Waals surface area contributed by atoms with Crippen molar-refractivity contribution in [3.8, 4) is 23.0 Å². The summed E-state index contributed by atoms with van der Waals surface area (Å²) in [6, 6.07) is 14.3. The summed E-state index contributed by atoms with van der Waals surface area (Å²) in [5.41, 5.74) is 0. The molecule has 0 amide bonds. The van der Waals surface area contributed by atoms with E-state index >= 15 is 0 Å². The van der Waals surface area contributed by atoms with Gasteiger partial charge in [0.25, 0.3) is 0 Å². The van der Waals surface area contributed by atoms with Gasteiger partial charge in [-0.1, -0.05) is 6.92 Å². The molecule has 0 saturated heterocycles. The Morgan fingerprint density at radius 2 is 1.29 bits per heavy atom. The van der Waals surface area contributed by atoms with Crippen molar-refractivity contribution in [1.82, 2.24) is 0 Å². The normalized spacial score (nSPS) is 10.0. The molecule has 0 aliphatic heterocycles. The molecule has 0 aliphatic rings. The Hall–Kier alpha value is -2.49. The predicted octanol–water partition coefficient (Wildman–Crippen LogP) is 4.19. The van der Waals surface area contributed by atoms with Crippen LogP contribution in [0.1, 0.15) is 20.3 Å². The van der Waals surface area contributed by atoms with E-state index in [1.165, 1.54) is 0 Å². The van der Waals surface area contributed by atoms with Crippen molar-refractivity contribution in [2.75, 3.05) is 6.61 Å². The van der Waals surface area contributed by atoms with Crippen LogP contribution < -0.4 is 14.2 Å². The van der Waals surface area contributed by atoms with E-state index in [9.17, 15) is 4.79 Å². The lowest BCUT2D eigenvalue weighted by Gasteiger charge is -2.08. The Balaban J connectivity index is 1.97. The lowest BCUT2D eigenvalue weighted by atomic mass is 10.3. The number of esters is 1. The number of ether oxygens (including phenoxy) is 3. The van der Waals surface area contributed by atoms with Gasteiger partial charge in [-0.05, 0) is 55.5 Å². The lowest BCUT2D eigenvalue weighted by molar-refractivity contribution is -0.134. The smallest absolute Gasteiger partial charge is 0.310 e. The molecule has 2 aromatic carbocycles. The van der Waals surface area contributed by atoms with Gasteiger partial charge in [0.2, 0.25) is 0 Å². The van der Waals surface area contributed by atoms with Crippen LogP contribution in [0.3, 0.4) is 0 Å². The predicted molar refractivity (Wildman–Crippen MR) is 80.1 cm³/mol. The average molecular weight is 286 g/mol. The van der Waals surface area contributed by atoms with Crippen LogP contribution in [-0.2, 0) is 4.79 Å². The van der Waals surface area contributed by atoms with Crippen molar-refractivity contribution in [2.45, 2.75) is 20.3 Å². The van der Waals surface area contributed by atoms with Gasteiger partial charge < -0.3 is 14.2 Å². The summed E-state index contributed by atoms with van der Waals surface area (Å²) in [7, 11) is 0. The molecule has 0 spiro atoms. The summed E-state index contributed by atoms with van der Waals surface area (Å²) < 4.78 is 16.2. The molecule has 0 fully saturated rings. The van der Waals surface area contributed by atoms with Gasteiger partial charge in [0, 0.05) is 6.42 Å². The minimum absolute atomic E-state index is 0.254. The van der Waals surface area contributed by atoms with Crippen molar-refractivity contribution in [2.24, 2.45) is 0 Å². The Morgan fingerprint density at radius 1 is 0.810 bits per heavy atom. The zero-order valence-corrected chi connectivity index (χ0v) is 12.2.